The summed E-state index contributed by atoms with van der Waals surface area (Å²) in [7, 11) is 0. The average molecular weight is 296 g/mol. The van der Waals surface area contributed by atoms with Gasteiger partial charge >= 0.3 is 5.97 Å². The zero-order valence-electron chi connectivity index (χ0n) is 13.0. The predicted octanol–water partition coefficient (Wildman–Crippen LogP) is 2.89. The number of rotatable bonds is 9. The third-order valence-corrected chi connectivity index (χ3v) is 3.70. The highest BCUT2D eigenvalue weighted by Gasteiger charge is 2.31. The van der Waals surface area contributed by atoms with E-state index >= 15 is 0 Å². The Bertz CT molecular complexity index is 467. The molecule has 0 heterocycles. The summed E-state index contributed by atoms with van der Waals surface area (Å²) >= 11 is 0. The molecular formula is C16H25FN2O2. The highest BCUT2D eigenvalue weighted by Crippen LogP contribution is 2.18. The molecule has 0 amide bonds. The number of nitrogens with one attached hydrogen (secondary N) is 1. The van der Waals surface area contributed by atoms with Crippen LogP contribution in [-0.2, 0) is 4.79 Å². The minimum absolute atomic E-state index is 0.256. The van der Waals surface area contributed by atoms with Gasteiger partial charge in [0.25, 0.3) is 0 Å². The lowest BCUT2D eigenvalue weighted by Crippen LogP contribution is -2.49. The highest BCUT2D eigenvalue weighted by atomic mass is 19.1. The van der Waals surface area contributed by atoms with Crippen LogP contribution in [0.1, 0.15) is 33.6 Å². The highest BCUT2D eigenvalue weighted by molar-refractivity contribution is 5.78. The Morgan fingerprint density at radius 2 is 2.14 bits per heavy atom. The molecule has 1 unspecified atom stereocenters. The second-order valence-corrected chi connectivity index (χ2v) is 5.33. The standard InChI is InChI=1S/C16H25FN2O2/c1-4-18-16(3,15(20)21)10-7-11-19(5-2)14-9-6-8-13(17)12-14/h6,8-9,12,18H,4-5,7,10-11H2,1-3H3,(H,20,21). The summed E-state index contributed by atoms with van der Waals surface area (Å²) in [6.07, 6.45) is 1.25. The number of halogens is 1. The molecule has 0 aliphatic rings. The molecule has 1 atom stereocenters. The molecule has 5 heteroatoms. The van der Waals surface area contributed by atoms with Crippen LogP contribution in [0.4, 0.5) is 10.1 Å². The van der Waals surface area contributed by atoms with Crippen molar-refractivity contribution in [3.63, 3.8) is 0 Å². The number of anilines is 1. The molecule has 1 aromatic rings. The van der Waals surface area contributed by atoms with Crippen molar-refractivity contribution in [1.29, 1.82) is 0 Å². The van der Waals surface area contributed by atoms with Crippen LogP contribution in [0, 0.1) is 5.82 Å². The molecule has 1 rings (SSSR count). The van der Waals surface area contributed by atoms with Gasteiger partial charge in [-0.25, -0.2) is 4.39 Å². The maximum absolute atomic E-state index is 13.3. The Morgan fingerprint density at radius 3 is 2.67 bits per heavy atom. The van der Waals surface area contributed by atoms with E-state index in [1.165, 1.54) is 12.1 Å². The number of carbonyl (C=O) groups is 1. The van der Waals surface area contributed by atoms with Gasteiger partial charge < -0.3 is 15.3 Å². The molecule has 118 valence electrons. The van der Waals surface area contributed by atoms with Crippen LogP contribution < -0.4 is 10.2 Å². The quantitative estimate of drug-likeness (QED) is 0.736. The van der Waals surface area contributed by atoms with Crippen molar-refractivity contribution in [2.75, 3.05) is 24.5 Å². The Kier molecular flexibility index (Phi) is 6.62. The van der Waals surface area contributed by atoms with Crippen LogP contribution in [0.5, 0.6) is 0 Å². The first-order chi connectivity index (χ1) is 9.92. The fraction of sp³-hybridized carbons (Fsp3) is 0.562. The Morgan fingerprint density at radius 1 is 1.43 bits per heavy atom. The minimum Gasteiger partial charge on any atom is -0.480 e. The van der Waals surface area contributed by atoms with Crippen LogP contribution in [0.3, 0.4) is 0 Å². The van der Waals surface area contributed by atoms with Crippen LogP contribution in [0.25, 0.3) is 0 Å². The number of carboxylic acids is 1. The molecular weight excluding hydrogens is 271 g/mol. The molecule has 0 saturated heterocycles. The van der Waals surface area contributed by atoms with E-state index in [4.69, 9.17) is 0 Å². The SMILES string of the molecule is CCNC(C)(CCCN(CC)c1cccc(F)c1)C(=O)O. The lowest BCUT2D eigenvalue weighted by atomic mass is 9.95. The molecule has 0 saturated carbocycles. The van der Waals surface area contributed by atoms with E-state index in [1.807, 2.05) is 19.9 Å². The van der Waals surface area contributed by atoms with Crippen molar-refractivity contribution >= 4 is 11.7 Å². The first-order valence-electron chi connectivity index (χ1n) is 7.42. The average Bonchev–Trinajstić information content (AvgIpc) is 2.43. The summed E-state index contributed by atoms with van der Waals surface area (Å²) in [6.45, 7) is 7.68. The molecule has 0 bridgehead atoms. The van der Waals surface area contributed by atoms with E-state index in [1.54, 1.807) is 13.0 Å². The minimum atomic E-state index is -0.907. The summed E-state index contributed by atoms with van der Waals surface area (Å²) in [4.78, 5) is 13.4. The lowest BCUT2D eigenvalue weighted by Gasteiger charge is -2.28. The van der Waals surface area contributed by atoms with Gasteiger partial charge in [-0.3, -0.25) is 4.79 Å². The van der Waals surface area contributed by atoms with Gasteiger partial charge in [-0.05, 0) is 51.4 Å². The maximum atomic E-state index is 13.3. The van der Waals surface area contributed by atoms with Crippen LogP contribution in [0.2, 0.25) is 0 Å². The van der Waals surface area contributed by atoms with Crippen molar-refractivity contribution in [1.82, 2.24) is 5.32 Å². The van der Waals surface area contributed by atoms with E-state index in [9.17, 15) is 14.3 Å². The first-order valence-corrected chi connectivity index (χ1v) is 7.42. The van der Waals surface area contributed by atoms with Gasteiger partial charge in [0.2, 0.25) is 0 Å². The maximum Gasteiger partial charge on any atom is 0.323 e. The molecule has 0 spiro atoms. The van der Waals surface area contributed by atoms with E-state index in [-0.39, 0.29) is 5.82 Å². The van der Waals surface area contributed by atoms with Crippen LogP contribution in [-0.4, -0.2) is 36.2 Å². The van der Waals surface area contributed by atoms with Crippen molar-refractivity contribution in [2.24, 2.45) is 0 Å². The zero-order chi connectivity index (χ0) is 15.9. The van der Waals surface area contributed by atoms with Gasteiger partial charge in [0.1, 0.15) is 11.4 Å². The van der Waals surface area contributed by atoms with Crippen molar-refractivity contribution in [3.8, 4) is 0 Å². The van der Waals surface area contributed by atoms with E-state index in [0.29, 0.717) is 19.5 Å². The molecule has 0 aliphatic carbocycles. The van der Waals surface area contributed by atoms with Crippen LogP contribution in [0.15, 0.2) is 24.3 Å². The summed E-state index contributed by atoms with van der Waals surface area (Å²) in [5.74, 6) is -1.09. The number of hydrogen-bond donors (Lipinski definition) is 2. The molecule has 0 aromatic heterocycles. The zero-order valence-corrected chi connectivity index (χ0v) is 13.0. The second-order valence-electron chi connectivity index (χ2n) is 5.33. The smallest absolute Gasteiger partial charge is 0.323 e. The fourth-order valence-corrected chi connectivity index (χ4v) is 2.43. The van der Waals surface area contributed by atoms with Gasteiger partial charge in [0.15, 0.2) is 0 Å². The molecule has 0 aliphatic heterocycles. The predicted molar refractivity (Wildman–Crippen MR) is 83.2 cm³/mol. The number of carboxylic acid groups (broad SMARTS) is 1. The lowest BCUT2D eigenvalue weighted by molar-refractivity contribution is -0.144. The largest absolute Gasteiger partial charge is 0.480 e. The number of benzene rings is 1. The monoisotopic (exact) mass is 296 g/mol. The van der Waals surface area contributed by atoms with Gasteiger partial charge in [0.05, 0.1) is 0 Å². The second kappa shape index (κ2) is 7.98. The fourth-order valence-electron chi connectivity index (χ4n) is 2.43. The van der Waals surface area contributed by atoms with Crippen molar-refractivity contribution in [3.05, 3.63) is 30.1 Å². The molecule has 0 fully saturated rings. The van der Waals surface area contributed by atoms with Crippen LogP contribution >= 0.6 is 0 Å². The number of nitrogens with zero attached hydrogens (tertiary/aromatic N) is 1. The van der Waals surface area contributed by atoms with E-state index in [2.05, 4.69) is 10.2 Å². The number of aliphatic carboxylic acids is 1. The summed E-state index contributed by atoms with van der Waals surface area (Å²) < 4.78 is 13.3. The Labute approximate surface area is 126 Å². The molecule has 4 nitrogen and oxygen atoms in total. The molecule has 21 heavy (non-hydrogen) atoms. The van der Waals surface area contributed by atoms with E-state index < -0.39 is 11.5 Å². The third kappa shape index (κ3) is 5.01. The summed E-state index contributed by atoms with van der Waals surface area (Å²) in [5.41, 5.74) is -0.0752. The Balaban J connectivity index is 2.61. The molecule has 2 N–H and O–H groups in total. The third-order valence-electron chi connectivity index (χ3n) is 3.70. The molecule has 1 aromatic carbocycles. The van der Waals surface area contributed by atoms with Gasteiger partial charge in [0, 0.05) is 18.8 Å². The van der Waals surface area contributed by atoms with Gasteiger partial charge in [-0.2, -0.15) is 0 Å². The molecule has 0 radical (unpaired) electrons. The number of hydrogen-bond acceptors (Lipinski definition) is 3. The number of likely N-dealkylation sites (N-methyl/N-ethyl adjacent to an activating group) is 1. The normalized spacial score (nSPS) is 13.7. The topological polar surface area (TPSA) is 52.6 Å². The Hall–Kier alpha value is -1.62. The van der Waals surface area contributed by atoms with Crippen molar-refractivity contribution < 1.29 is 14.3 Å². The van der Waals surface area contributed by atoms with Gasteiger partial charge in [-0.1, -0.05) is 13.0 Å². The summed E-state index contributed by atoms with van der Waals surface area (Å²) in [5, 5.41) is 12.3. The van der Waals surface area contributed by atoms with Crippen molar-refractivity contribution in [2.45, 2.75) is 39.2 Å². The first kappa shape index (κ1) is 17.4. The van der Waals surface area contributed by atoms with Gasteiger partial charge in [-0.15, -0.1) is 0 Å². The van der Waals surface area contributed by atoms with E-state index in [0.717, 1.165) is 18.7 Å². The summed E-state index contributed by atoms with van der Waals surface area (Å²) in [6, 6.07) is 6.48.